The minimum absolute atomic E-state index is 0.0668. The number of aliphatic hydroxyl groups is 2. The molecule has 2 N–H and O–H groups in total. The van der Waals surface area contributed by atoms with Crippen molar-refractivity contribution in [2.75, 3.05) is 13.2 Å². The summed E-state index contributed by atoms with van der Waals surface area (Å²) >= 11 is 5.58. The lowest BCUT2D eigenvalue weighted by Gasteiger charge is -2.11. The zero-order valence-corrected chi connectivity index (χ0v) is 8.34. The summed E-state index contributed by atoms with van der Waals surface area (Å²) in [5.74, 6) is -0.802. The molecular formula is C10H12ClFO2. The summed E-state index contributed by atoms with van der Waals surface area (Å²) in [4.78, 5) is 0. The molecule has 0 radical (unpaired) electrons. The first kappa shape index (κ1) is 11.4. The molecule has 0 fully saturated rings. The van der Waals surface area contributed by atoms with Gasteiger partial charge in [-0.3, -0.25) is 0 Å². The molecule has 1 aromatic rings. The highest BCUT2D eigenvalue weighted by molar-refractivity contribution is 6.30. The zero-order chi connectivity index (χ0) is 10.6. The molecule has 0 unspecified atom stereocenters. The molecular weight excluding hydrogens is 207 g/mol. The zero-order valence-electron chi connectivity index (χ0n) is 7.58. The molecule has 0 spiro atoms. The van der Waals surface area contributed by atoms with Gasteiger partial charge in [0.05, 0.1) is 5.02 Å². The monoisotopic (exact) mass is 218 g/mol. The molecule has 14 heavy (non-hydrogen) atoms. The van der Waals surface area contributed by atoms with Gasteiger partial charge in [0.15, 0.2) is 0 Å². The molecule has 0 bridgehead atoms. The van der Waals surface area contributed by atoms with Gasteiger partial charge in [0, 0.05) is 19.1 Å². The number of benzene rings is 1. The van der Waals surface area contributed by atoms with Crippen LogP contribution in [0.2, 0.25) is 5.02 Å². The van der Waals surface area contributed by atoms with E-state index in [-0.39, 0.29) is 24.2 Å². The van der Waals surface area contributed by atoms with Gasteiger partial charge >= 0.3 is 0 Å². The van der Waals surface area contributed by atoms with Crippen molar-refractivity contribution in [3.63, 3.8) is 0 Å². The first-order valence-corrected chi connectivity index (χ1v) is 4.71. The summed E-state index contributed by atoms with van der Waals surface area (Å²) in [5, 5.41) is 17.7. The first-order chi connectivity index (χ1) is 6.69. The molecule has 4 heteroatoms. The standard InChI is InChI=1S/C10H12ClFO2/c11-9-3-1-2-8(10(9)12)4-7(5-13)6-14/h1-3,7,13-14H,4-6H2. The molecule has 0 aliphatic carbocycles. The molecule has 0 saturated carbocycles. The van der Waals surface area contributed by atoms with Crippen molar-refractivity contribution in [2.24, 2.45) is 5.92 Å². The van der Waals surface area contributed by atoms with E-state index in [0.717, 1.165) is 0 Å². The van der Waals surface area contributed by atoms with E-state index in [4.69, 9.17) is 21.8 Å². The fourth-order valence-corrected chi connectivity index (χ4v) is 1.40. The van der Waals surface area contributed by atoms with Gasteiger partial charge in [-0.25, -0.2) is 4.39 Å². The van der Waals surface area contributed by atoms with Crippen LogP contribution in [0.3, 0.4) is 0 Å². The summed E-state index contributed by atoms with van der Waals surface area (Å²) in [7, 11) is 0. The molecule has 0 heterocycles. The molecule has 2 nitrogen and oxygen atoms in total. The number of hydrogen-bond acceptors (Lipinski definition) is 2. The molecule has 0 amide bonds. The Labute approximate surface area is 86.9 Å². The molecule has 0 atom stereocenters. The summed E-state index contributed by atoms with van der Waals surface area (Å²) < 4.78 is 13.3. The van der Waals surface area contributed by atoms with Crippen LogP contribution in [0.15, 0.2) is 18.2 Å². The van der Waals surface area contributed by atoms with Gasteiger partial charge in [-0.1, -0.05) is 23.7 Å². The predicted molar refractivity (Wildman–Crippen MR) is 52.8 cm³/mol. The SMILES string of the molecule is OCC(CO)Cc1cccc(Cl)c1F. The van der Waals surface area contributed by atoms with E-state index in [1.165, 1.54) is 6.07 Å². The lowest BCUT2D eigenvalue weighted by atomic mass is 10.0. The minimum atomic E-state index is -0.471. The highest BCUT2D eigenvalue weighted by atomic mass is 35.5. The summed E-state index contributed by atoms with van der Waals surface area (Å²) in [6.45, 7) is -0.328. The third kappa shape index (κ3) is 2.67. The Bertz CT molecular complexity index is 300. The van der Waals surface area contributed by atoms with Crippen LogP contribution in [0, 0.1) is 11.7 Å². The smallest absolute Gasteiger partial charge is 0.144 e. The Hall–Kier alpha value is -0.640. The molecule has 1 rings (SSSR count). The second kappa shape index (κ2) is 5.29. The van der Waals surface area contributed by atoms with E-state index in [9.17, 15) is 4.39 Å². The van der Waals surface area contributed by atoms with Gasteiger partial charge in [0.2, 0.25) is 0 Å². The highest BCUT2D eigenvalue weighted by Crippen LogP contribution is 2.20. The number of aliphatic hydroxyl groups excluding tert-OH is 2. The van der Waals surface area contributed by atoms with Crippen molar-refractivity contribution in [3.8, 4) is 0 Å². The van der Waals surface area contributed by atoms with Crippen molar-refractivity contribution < 1.29 is 14.6 Å². The van der Waals surface area contributed by atoms with Crippen molar-refractivity contribution >= 4 is 11.6 Å². The van der Waals surface area contributed by atoms with Crippen molar-refractivity contribution in [2.45, 2.75) is 6.42 Å². The summed E-state index contributed by atoms with van der Waals surface area (Å²) in [6, 6.07) is 4.71. The molecule has 0 aromatic heterocycles. The average molecular weight is 219 g/mol. The van der Waals surface area contributed by atoms with E-state index in [0.29, 0.717) is 12.0 Å². The fraction of sp³-hybridized carbons (Fsp3) is 0.400. The van der Waals surface area contributed by atoms with E-state index < -0.39 is 5.82 Å². The second-order valence-electron chi connectivity index (χ2n) is 3.15. The van der Waals surface area contributed by atoms with Gasteiger partial charge in [-0.05, 0) is 18.1 Å². The Morgan fingerprint density at radius 3 is 2.50 bits per heavy atom. The maximum Gasteiger partial charge on any atom is 0.144 e. The van der Waals surface area contributed by atoms with Crippen LogP contribution in [-0.2, 0) is 6.42 Å². The second-order valence-corrected chi connectivity index (χ2v) is 3.56. The Morgan fingerprint density at radius 2 is 1.93 bits per heavy atom. The number of halogens is 2. The van der Waals surface area contributed by atoms with Gasteiger partial charge in [0.1, 0.15) is 5.82 Å². The Morgan fingerprint density at radius 1 is 1.29 bits per heavy atom. The minimum Gasteiger partial charge on any atom is -0.396 e. The molecule has 0 aliphatic heterocycles. The van der Waals surface area contributed by atoms with Crippen LogP contribution in [0.1, 0.15) is 5.56 Å². The fourth-order valence-electron chi connectivity index (χ4n) is 1.20. The van der Waals surface area contributed by atoms with Gasteiger partial charge < -0.3 is 10.2 Å². The van der Waals surface area contributed by atoms with Gasteiger partial charge in [0.25, 0.3) is 0 Å². The van der Waals surface area contributed by atoms with E-state index in [2.05, 4.69) is 0 Å². The third-order valence-corrected chi connectivity index (χ3v) is 2.35. The largest absolute Gasteiger partial charge is 0.396 e. The van der Waals surface area contributed by atoms with Crippen LogP contribution in [0.25, 0.3) is 0 Å². The van der Waals surface area contributed by atoms with Gasteiger partial charge in [-0.2, -0.15) is 0 Å². The topological polar surface area (TPSA) is 40.5 Å². The quantitative estimate of drug-likeness (QED) is 0.807. The molecule has 1 aromatic carbocycles. The van der Waals surface area contributed by atoms with Crippen LogP contribution in [0.5, 0.6) is 0 Å². The summed E-state index contributed by atoms with van der Waals surface area (Å²) in [5.41, 5.74) is 0.422. The third-order valence-electron chi connectivity index (χ3n) is 2.06. The summed E-state index contributed by atoms with van der Waals surface area (Å²) in [6.07, 6.45) is 0.291. The Kier molecular flexibility index (Phi) is 4.32. The lowest BCUT2D eigenvalue weighted by Crippen LogP contribution is -2.14. The maximum atomic E-state index is 13.3. The van der Waals surface area contributed by atoms with Crippen LogP contribution in [-0.4, -0.2) is 23.4 Å². The van der Waals surface area contributed by atoms with Crippen molar-refractivity contribution in [1.82, 2.24) is 0 Å². The van der Waals surface area contributed by atoms with Gasteiger partial charge in [-0.15, -0.1) is 0 Å². The Balaban J connectivity index is 2.80. The maximum absolute atomic E-state index is 13.3. The van der Waals surface area contributed by atoms with Crippen LogP contribution >= 0.6 is 11.6 Å². The average Bonchev–Trinajstić information content (AvgIpc) is 2.20. The lowest BCUT2D eigenvalue weighted by molar-refractivity contribution is 0.149. The van der Waals surface area contributed by atoms with Crippen molar-refractivity contribution in [3.05, 3.63) is 34.6 Å². The number of rotatable bonds is 4. The molecule has 0 aliphatic rings. The van der Waals surface area contributed by atoms with E-state index >= 15 is 0 Å². The first-order valence-electron chi connectivity index (χ1n) is 4.33. The molecule has 78 valence electrons. The normalized spacial score (nSPS) is 10.9. The predicted octanol–water partition coefficient (Wildman–Crippen LogP) is 1.62. The van der Waals surface area contributed by atoms with Crippen LogP contribution in [0.4, 0.5) is 4.39 Å². The molecule has 0 saturated heterocycles. The van der Waals surface area contributed by atoms with Crippen molar-refractivity contribution in [1.29, 1.82) is 0 Å². The highest BCUT2D eigenvalue weighted by Gasteiger charge is 2.12. The van der Waals surface area contributed by atoms with E-state index in [1.54, 1.807) is 12.1 Å². The van der Waals surface area contributed by atoms with Crippen LogP contribution < -0.4 is 0 Å². The number of hydrogen-bond donors (Lipinski definition) is 2. The van der Waals surface area contributed by atoms with E-state index in [1.807, 2.05) is 0 Å².